The zero-order valence-electron chi connectivity index (χ0n) is 19.7. The SMILES string of the molecule is COc1cc(C(=O)OCC(=O)NCCOc2cccc(C)c2)ccc1OCc1c(C)noc1C. The lowest BCUT2D eigenvalue weighted by Crippen LogP contribution is -2.32. The topological polar surface area (TPSA) is 109 Å². The third kappa shape index (κ3) is 6.74. The van der Waals surface area contributed by atoms with Crippen molar-refractivity contribution in [2.75, 3.05) is 26.9 Å². The number of nitrogens with zero attached hydrogens (tertiary/aromatic N) is 1. The molecule has 2 aromatic carbocycles. The summed E-state index contributed by atoms with van der Waals surface area (Å²) in [6.07, 6.45) is 0. The van der Waals surface area contributed by atoms with Crippen LogP contribution in [-0.4, -0.2) is 43.9 Å². The number of ether oxygens (including phenoxy) is 4. The van der Waals surface area contributed by atoms with Gasteiger partial charge in [-0.1, -0.05) is 17.3 Å². The van der Waals surface area contributed by atoms with Gasteiger partial charge in [0.2, 0.25) is 0 Å². The lowest BCUT2D eigenvalue weighted by Gasteiger charge is -2.12. The number of benzene rings is 2. The van der Waals surface area contributed by atoms with E-state index in [4.69, 9.17) is 23.5 Å². The van der Waals surface area contributed by atoms with Gasteiger partial charge in [-0.3, -0.25) is 4.79 Å². The first-order valence-corrected chi connectivity index (χ1v) is 10.7. The van der Waals surface area contributed by atoms with Gasteiger partial charge in [-0.15, -0.1) is 0 Å². The molecule has 1 N–H and O–H groups in total. The molecule has 0 spiro atoms. The zero-order valence-corrected chi connectivity index (χ0v) is 19.7. The summed E-state index contributed by atoms with van der Waals surface area (Å²) in [6.45, 7) is 6.04. The number of esters is 1. The number of aryl methyl sites for hydroxylation is 3. The Bertz CT molecular complexity index is 1120. The van der Waals surface area contributed by atoms with Gasteiger partial charge in [-0.05, 0) is 56.7 Å². The second-order valence-corrected chi connectivity index (χ2v) is 7.55. The normalized spacial score (nSPS) is 10.5. The Balaban J connectivity index is 1.45. The Morgan fingerprint density at radius 3 is 2.56 bits per heavy atom. The molecule has 0 radical (unpaired) electrons. The van der Waals surface area contributed by atoms with Gasteiger partial charge in [0.05, 0.1) is 30.5 Å². The van der Waals surface area contributed by atoms with Crippen LogP contribution in [0.4, 0.5) is 0 Å². The van der Waals surface area contributed by atoms with Crippen molar-refractivity contribution in [2.24, 2.45) is 0 Å². The quantitative estimate of drug-likeness (QED) is 0.336. The van der Waals surface area contributed by atoms with Crippen molar-refractivity contribution in [3.8, 4) is 17.2 Å². The van der Waals surface area contributed by atoms with Crippen LogP contribution < -0.4 is 19.5 Å². The predicted molar refractivity (Wildman–Crippen MR) is 123 cm³/mol. The van der Waals surface area contributed by atoms with Crippen molar-refractivity contribution in [1.29, 1.82) is 0 Å². The molecule has 180 valence electrons. The Hall–Kier alpha value is -4.01. The van der Waals surface area contributed by atoms with Crippen molar-refractivity contribution in [3.63, 3.8) is 0 Å². The van der Waals surface area contributed by atoms with E-state index < -0.39 is 18.5 Å². The number of hydrogen-bond donors (Lipinski definition) is 1. The third-order valence-electron chi connectivity index (χ3n) is 4.97. The second kappa shape index (κ2) is 11.7. The third-order valence-corrected chi connectivity index (χ3v) is 4.97. The molecule has 9 nitrogen and oxygen atoms in total. The van der Waals surface area contributed by atoms with Crippen molar-refractivity contribution in [2.45, 2.75) is 27.4 Å². The molecule has 1 aromatic heterocycles. The highest BCUT2D eigenvalue weighted by atomic mass is 16.5. The summed E-state index contributed by atoms with van der Waals surface area (Å²) >= 11 is 0. The van der Waals surface area contributed by atoms with E-state index in [1.165, 1.54) is 13.2 Å². The minimum Gasteiger partial charge on any atom is -0.493 e. The molecule has 0 unspecified atom stereocenters. The van der Waals surface area contributed by atoms with Crippen LogP contribution in [0.1, 0.15) is 32.9 Å². The van der Waals surface area contributed by atoms with Gasteiger partial charge in [0, 0.05) is 0 Å². The standard InChI is InChI=1S/C25H28N2O7/c1-16-6-5-7-20(12-16)31-11-10-26-24(28)15-33-25(29)19-8-9-22(23(13-19)30-4)32-14-21-17(2)27-34-18(21)3/h5-9,12-13H,10-11,14-15H2,1-4H3,(H,26,28). The summed E-state index contributed by atoms with van der Waals surface area (Å²) in [5.41, 5.74) is 2.92. The van der Waals surface area contributed by atoms with Gasteiger partial charge in [0.15, 0.2) is 18.1 Å². The van der Waals surface area contributed by atoms with Crippen molar-refractivity contribution in [3.05, 3.63) is 70.6 Å². The number of carbonyl (C=O) groups excluding carboxylic acids is 2. The van der Waals surface area contributed by atoms with Gasteiger partial charge in [-0.2, -0.15) is 0 Å². The minimum atomic E-state index is -0.651. The molecule has 0 bridgehead atoms. The smallest absolute Gasteiger partial charge is 0.338 e. The highest BCUT2D eigenvalue weighted by molar-refractivity contribution is 5.92. The molecular formula is C25H28N2O7. The summed E-state index contributed by atoms with van der Waals surface area (Å²) in [7, 11) is 1.47. The van der Waals surface area contributed by atoms with E-state index in [9.17, 15) is 9.59 Å². The molecule has 1 heterocycles. The minimum absolute atomic E-state index is 0.233. The number of carbonyl (C=O) groups is 2. The maximum Gasteiger partial charge on any atom is 0.338 e. The highest BCUT2D eigenvalue weighted by Crippen LogP contribution is 2.29. The van der Waals surface area contributed by atoms with Crippen LogP contribution in [0.15, 0.2) is 47.0 Å². The van der Waals surface area contributed by atoms with Crippen LogP contribution in [0.2, 0.25) is 0 Å². The fourth-order valence-electron chi connectivity index (χ4n) is 3.10. The van der Waals surface area contributed by atoms with Crippen molar-refractivity contribution >= 4 is 11.9 Å². The summed E-state index contributed by atoms with van der Waals surface area (Å²) in [5.74, 6) is 1.14. The van der Waals surface area contributed by atoms with E-state index in [0.29, 0.717) is 23.9 Å². The van der Waals surface area contributed by atoms with Crippen molar-refractivity contribution < 1.29 is 33.1 Å². The van der Waals surface area contributed by atoms with Crippen LogP contribution >= 0.6 is 0 Å². The lowest BCUT2D eigenvalue weighted by molar-refractivity contribution is -0.124. The van der Waals surface area contributed by atoms with Crippen LogP contribution in [0.5, 0.6) is 17.2 Å². The number of nitrogens with one attached hydrogen (secondary N) is 1. The maximum atomic E-state index is 12.4. The number of rotatable bonds is 11. The lowest BCUT2D eigenvalue weighted by atomic mass is 10.2. The largest absolute Gasteiger partial charge is 0.493 e. The van der Waals surface area contributed by atoms with Crippen LogP contribution in [0.3, 0.4) is 0 Å². The summed E-state index contributed by atoms with van der Waals surface area (Å²) < 4.78 is 26.9. The molecule has 0 saturated heterocycles. The van der Waals surface area contributed by atoms with E-state index in [-0.39, 0.29) is 18.7 Å². The first kappa shape index (κ1) is 24.6. The number of methoxy groups -OCH3 is 1. The first-order valence-electron chi connectivity index (χ1n) is 10.7. The number of hydrogen-bond acceptors (Lipinski definition) is 8. The molecule has 3 aromatic rings. The van der Waals surface area contributed by atoms with E-state index >= 15 is 0 Å². The molecule has 0 aliphatic rings. The molecule has 1 amide bonds. The number of amides is 1. The highest BCUT2D eigenvalue weighted by Gasteiger charge is 2.16. The zero-order chi connectivity index (χ0) is 24.5. The molecular weight excluding hydrogens is 440 g/mol. The molecule has 9 heteroatoms. The van der Waals surface area contributed by atoms with Gasteiger partial charge >= 0.3 is 5.97 Å². The van der Waals surface area contributed by atoms with E-state index in [2.05, 4.69) is 10.5 Å². The maximum absolute atomic E-state index is 12.4. The molecule has 3 rings (SSSR count). The van der Waals surface area contributed by atoms with Gasteiger partial charge in [-0.25, -0.2) is 4.79 Å². The van der Waals surface area contributed by atoms with E-state index in [1.807, 2.05) is 45.0 Å². The molecule has 0 aliphatic heterocycles. The van der Waals surface area contributed by atoms with Gasteiger partial charge in [0.25, 0.3) is 5.91 Å². The van der Waals surface area contributed by atoms with Crippen LogP contribution in [-0.2, 0) is 16.1 Å². The van der Waals surface area contributed by atoms with E-state index in [1.54, 1.807) is 12.1 Å². The molecule has 0 saturated carbocycles. The van der Waals surface area contributed by atoms with Crippen LogP contribution in [0, 0.1) is 20.8 Å². The number of aromatic nitrogens is 1. The van der Waals surface area contributed by atoms with Gasteiger partial charge < -0.3 is 28.8 Å². The first-order chi connectivity index (χ1) is 16.4. The summed E-state index contributed by atoms with van der Waals surface area (Å²) in [5, 5.41) is 6.54. The van der Waals surface area contributed by atoms with Crippen molar-refractivity contribution in [1.82, 2.24) is 10.5 Å². The Labute approximate surface area is 197 Å². The van der Waals surface area contributed by atoms with E-state index in [0.717, 1.165) is 22.6 Å². The Morgan fingerprint density at radius 2 is 1.85 bits per heavy atom. The fraction of sp³-hybridized carbons (Fsp3) is 0.320. The molecule has 0 atom stereocenters. The Morgan fingerprint density at radius 1 is 1.03 bits per heavy atom. The average molecular weight is 469 g/mol. The molecule has 34 heavy (non-hydrogen) atoms. The fourth-order valence-corrected chi connectivity index (χ4v) is 3.10. The predicted octanol–water partition coefficient (Wildman–Crippen LogP) is 3.54. The average Bonchev–Trinajstić information content (AvgIpc) is 3.15. The Kier molecular flexibility index (Phi) is 8.50. The van der Waals surface area contributed by atoms with Gasteiger partial charge in [0.1, 0.15) is 24.7 Å². The monoisotopic (exact) mass is 468 g/mol. The van der Waals surface area contributed by atoms with Crippen LogP contribution in [0.25, 0.3) is 0 Å². The second-order valence-electron chi connectivity index (χ2n) is 7.55. The summed E-state index contributed by atoms with van der Waals surface area (Å²) in [4.78, 5) is 24.3. The molecule has 0 aliphatic carbocycles. The summed E-state index contributed by atoms with van der Waals surface area (Å²) in [6, 6.07) is 12.3. The molecule has 0 fully saturated rings.